The van der Waals surface area contributed by atoms with Crippen LogP contribution < -0.4 is 5.32 Å². The number of carbonyl (C=O) groups excluding carboxylic acids is 2. The summed E-state index contributed by atoms with van der Waals surface area (Å²) >= 11 is 0. The number of carbonyl (C=O) groups is 2. The van der Waals surface area contributed by atoms with Gasteiger partial charge >= 0.3 is 11.8 Å². The summed E-state index contributed by atoms with van der Waals surface area (Å²) in [5.41, 5.74) is 2.73. The molecule has 0 aliphatic carbocycles. The average Bonchev–Trinajstić information content (AvgIpc) is 3.40. The number of aromatic amines is 1. The lowest BCUT2D eigenvalue weighted by atomic mass is 10.0. The second-order valence-corrected chi connectivity index (χ2v) is 8.17. The molecule has 2 amide bonds. The summed E-state index contributed by atoms with van der Waals surface area (Å²) in [5.74, 6) is -9.72. The number of para-hydroxylation sites is 1. The summed E-state index contributed by atoms with van der Waals surface area (Å²) in [4.78, 5) is 27.7. The van der Waals surface area contributed by atoms with Gasteiger partial charge in [-0.3, -0.25) is 14.7 Å². The largest absolute Gasteiger partial charge is 0.373 e. The van der Waals surface area contributed by atoms with Crippen molar-refractivity contribution in [3.05, 3.63) is 46.8 Å². The van der Waals surface area contributed by atoms with E-state index in [1.165, 1.54) is 0 Å². The first-order valence-corrected chi connectivity index (χ1v) is 9.90. The van der Waals surface area contributed by atoms with Crippen molar-refractivity contribution in [2.75, 3.05) is 25.0 Å². The number of hydrogen-bond acceptors (Lipinski definition) is 4. The summed E-state index contributed by atoms with van der Waals surface area (Å²) in [5, 5.41) is 9.78. The number of alkyl halides is 4. The van der Waals surface area contributed by atoms with Crippen molar-refractivity contribution in [1.29, 1.82) is 0 Å². The lowest BCUT2D eigenvalue weighted by Crippen LogP contribution is -2.44. The second-order valence-electron chi connectivity index (χ2n) is 8.17. The van der Waals surface area contributed by atoms with Gasteiger partial charge in [0.2, 0.25) is 5.91 Å². The highest BCUT2D eigenvalue weighted by Gasteiger charge is 2.64. The first-order valence-electron chi connectivity index (χ1n) is 9.90. The van der Waals surface area contributed by atoms with E-state index in [1.807, 2.05) is 24.3 Å². The number of nitrogens with one attached hydrogen (secondary N) is 2. The zero-order valence-corrected chi connectivity index (χ0v) is 16.3. The van der Waals surface area contributed by atoms with Crippen molar-refractivity contribution >= 4 is 17.5 Å². The standard InChI is InChI=1S/C20H19F4N5O2/c21-19(22)9-29(10-20(19,23)24)18(31)16-12-8-28(6-5-14(12)26-27-16)17(30)15-7-11-3-1-2-4-13(11)25-15/h1-4,15,25H,5-10H2,(H,26,27). The quantitative estimate of drug-likeness (QED) is 0.705. The zero-order chi connectivity index (χ0) is 22.0. The fraction of sp³-hybridized carbons (Fsp3) is 0.450. The Kier molecular flexibility index (Phi) is 4.28. The van der Waals surface area contributed by atoms with Gasteiger partial charge in [-0.15, -0.1) is 0 Å². The number of rotatable bonds is 2. The van der Waals surface area contributed by atoms with Gasteiger partial charge in [0.1, 0.15) is 6.04 Å². The number of H-pyrrole nitrogens is 1. The Morgan fingerprint density at radius 1 is 1.06 bits per heavy atom. The number of hydrogen-bond donors (Lipinski definition) is 2. The molecule has 3 aliphatic heterocycles. The maximum absolute atomic E-state index is 13.5. The van der Waals surface area contributed by atoms with Crippen LogP contribution in [0.15, 0.2) is 24.3 Å². The van der Waals surface area contributed by atoms with Gasteiger partial charge in [-0.2, -0.15) is 22.7 Å². The van der Waals surface area contributed by atoms with Crippen molar-refractivity contribution < 1.29 is 27.2 Å². The van der Waals surface area contributed by atoms with E-state index < -0.39 is 36.9 Å². The molecular formula is C20H19F4N5O2. The van der Waals surface area contributed by atoms with E-state index in [0.717, 1.165) is 11.3 Å². The Balaban J connectivity index is 1.33. The number of fused-ring (bicyclic) bond motifs is 2. The lowest BCUT2D eigenvalue weighted by Gasteiger charge is -2.29. The van der Waals surface area contributed by atoms with Gasteiger partial charge in [0.05, 0.1) is 13.1 Å². The zero-order valence-electron chi connectivity index (χ0n) is 16.3. The van der Waals surface area contributed by atoms with Gasteiger partial charge in [-0.05, 0) is 11.6 Å². The van der Waals surface area contributed by atoms with Crippen molar-refractivity contribution in [2.45, 2.75) is 37.3 Å². The van der Waals surface area contributed by atoms with Gasteiger partial charge in [-0.25, -0.2) is 0 Å². The molecular weight excluding hydrogens is 418 g/mol. The van der Waals surface area contributed by atoms with E-state index in [0.29, 0.717) is 35.5 Å². The second kappa shape index (κ2) is 6.69. The van der Waals surface area contributed by atoms with E-state index in [2.05, 4.69) is 15.5 Å². The van der Waals surface area contributed by atoms with Crippen LogP contribution in [-0.2, 0) is 24.2 Å². The molecule has 1 saturated heterocycles. The molecule has 164 valence electrons. The van der Waals surface area contributed by atoms with E-state index in [1.54, 1.807) is 4.90 Å². The Bertz CT molecular complexity index is 1030. The van der Waals surface area contributed by atoms with Crippen LogP contribution in [0.2, 0.25) is 0 Å². The number of nitrogens with zero attached hydrogens (tertiary/aromatic N) is 3. The van der Waals surface area contributed by atoms with Crippen LogP contribution in [0.25, 0.3) is 0 Å². The summed E-state index contributed by atoms with van der Waals surface area (Å²) in [7, 11) is 0. The van der Waals surface area contributed by atoms with Crippen LogP contribution in [0, 0.1) is 0 Å². The summed E-state index contributed by atoms with van der Waals surface area (Å²) in [6.45, 7) is -2.28. The average molecular weight is 437 g/mol. The molecule has 0 spiro atoms. The molecule has 2 aromatic rings. The highest BCUT2D eigenvalue weighted by Crippen LogP contribution is 2.41. The molecule has 0 bridgehead atoms. The lowest BCUT2D eigenvalue weighted by molar-refractivity contribution is -0.172. The van der Waals surface area contributed by atoms with Crippen LogP contribution in [0.1, 0.15) is 27.3 Å². The molecule has 1 aromatic carbocycles. The normalized spacial score (nSPS) is 23.3. The predicted molar refractivity (Wildman–Crippen MR) is 101 cm³/mol. The molecule has 3 aliphatic rings. The number of halogens is 4. The molecule has 1 atom stereocenters. The van der Waals surface area contributed by atoms with Gasteiger partial charge < -0.3 is 15.1 Å². The maximum Gasteiger partial charge on any atom is 0.329 e. The van der Waals surface area contributed by atoms with Crippen molar-refractivity contribution in [2.24, 2.45) is 0 Å². The molecule has 5 rings (SSSR count). The molecule has 1 aromatic heterocycles. The molecule has 1 fully saturated rings. The minimum absolute atomic E-state index is 0.0564. The van der Waals surface area contributed by atoms with Crippen LogP contribution >= 0.6 is 0 Å². The Morgan fingerprint density at radius 2 is 1.77 bits per heavy atom. The third-order valence-corrected chi connectivity index (χ3v) is 6.12. The third-order valence-electron chi connectivity index (χ3n) is 6.12. The van der Waals surface area contributed by atoms with Gasteiger partial charge in [0.15, 0.2) is 5.69 Å². The van der Waals surface area contributed by atoms with E-state index in [4.69, 9.17) is 0 Å². The van der Waals surface area contributed by atoms with Gasteiger partial charge in [0, 0.05) is 42.9 Å². The molecule has 31 heavy (non-hydrogen) atoms. The van der Waals surface area contributed by atoms with E-state index in [9.17, 15) is 27.2 Å². The molecule has 7 nitrogen and oxygen atoms in total. The molecule has 1 unspecified atom stereocenters. The molecule has 0 saturated carbocycles. The number of aromatic nitrogens is 2. The highest BCUT2D eigenvalue weighted by molar-refractivity contribution is 5.95. The van der Waals surface area contributed by atoms with Gasteiger partial charge in [-0.1, -0.05) is 18.2 Å². The van der Waals surface area contributed by atoms with Crippen molar-refractivity contribution in [1.82, 2.24) is 20.0 Å². The SMILES string of the molecule is O=C(c1n[nH]c2c1CN(C(=O)C1Cc3ccccc3N1)CC2)N1CC(F)(F)C(F)(F)C1. The molecule has 0 radical (unpaired) electrons. The Hall–Kier alpha value is -3.11. The van der Waals surface area contributed by atoms with Crippen molar-refractivity contribution in [3.63, 3.8) is 0 Å². The van der Waals surface area contributed by atoms with E-state index in [-0.39, 0.29) is 18.1 Å². The minimum atomic E-state index is -4.29. The van der Waals surface area contributed by atoms with Crippen molar-refractivity contribution in [3.8, 4) is 0 Å². The van der Waals surface area contributed by atoms with Crippen LogP contribution in [0.4, 0.5) is 23.2 Å². The summed E-state index contributed by atoms with van der Waals surface area (Å²) in [6, 6.07) is 7.17. The van der Waals surface area contributed by atoms with Crippen LogP contribution in [-0.4, -0.2) is 69.3 Å². The number of likely N-dealkylation sites (tertiary alicyclic amines) is 1. The van der Waals surface area contributed by atoms with Gasteiger partial charge in [0.25, 0.3) is 5.91 Å². The smallest absolute Gasteiger partial charge is 0.329 e. The maximum atomic E-state index is 13.5. The first-order chi connectivity index (χ1) is 14.7. The highest BCUT2D eigenvalue weighted by atomic mass is 19.3. The van der Waals surface area contributed by atoms with E-state index >= 15 is 0 Å². The fourth-order valence-corrected chi connectivity index (χ4v) is 4.39. The Labute approximate surface area is 174 Å². The summed E-state index contributed by atoms with van der Waals surface area (Å²) in [6.07, 6.45) is 0.931. The monoisotopic (exact) mass is 437 g/mol. The number of amides is 2. The summed E-state index contributed by atoms with van der Waals surface area (Å²) < 4.78 is 54.1. The van der Waals surface area contributed by atoms with Crippen LogP contribution in [0.5, 0.6) is 0 Å². The minimum Gasteiger partial charge on any atom is -0.373 e. The number of anilines is 1. The Morgan fingerprint density at radius 3 is 2.48 bits per heavy atom. The molecule has 4 heterocycles. The third kappa shape index (κ3) is 3.14. The molecule has 11 heteroatoms. The predicted octanol–water partition coefficient (Wildman–Crippen LogP) is 2.06. The number of benzene rings is 1. The molecule has 2 N–H and O–H groups in total. The topological polar surface area (TPSA) is 81.3 Å². The van der Waals surface area contributed by atoms with Crippen LogP contribution in [0.3, 0.4) is 0 Å². The fourth-order valence-electron chi connectivity index (χ4n) is 4.39. The first kappa shape index (κ1) is 19.8.